The van der Waals surface area contributed by atoms with Gasteiger partial charge < -0.3 is 14.6 Å². The number of pyridine rings is 2. The van der Waals surface area contributed by atoms with E-state index in [1.54, 1.807) is 49.4 Å². The topological polar surface area (TPSA) is 90.3 Å². The molecular weight excluding hydrogens is 425 g/mol. The summed E-state index contributed by atoms with van der Waals surface area (Å²) < 4.78 is 20.6. The normalized spacial score (nSPS) is 10.8. The Balaban J connectivity index is 1.80. The largest absolute Gasteiger partial charge is 0.496 e. The SMILES string of the molecule is COc1ccccc1C(=O)c1cn(CC(=O)Nc2ccccc2F)c2nc(C)ccc2c1=O. The molecule has 4 rings (SSSR count). The van der Waals surface area contributed by atoms with E-state index in [-0.39, 0.29) is 34.4 Å². The Hall–Kier alpha value is -4.33. The van der Waals surface area contributed by atoms with E-state index in [9.17, 15) is 18.8 Å². The molecule has 4 aromatic rings. The van der Waals surface area contributed by atoms with Crippen LogP contribution in [0.25, 0.3) is 11.0 Å². The van der Waals surface area contributed by atoms with Crippen molar-refractivity contribution in [3.05, 3.63) is 99.7 Å². The smallest absolute Gasteiger partial charge is 0.244 e. The predicted molar refractivity (Wildman–Crippen MR) is 122 cm³/mol. The number of ether oxygens (including phenoxy) is 1. The van der Waals surface area contributed by atoms with Crippen molar-refractivity contribution in [2.75, 3.05) is 12.4 Å². The van der Waals surface area contributed by atoms with Crippen LogP contribution in [0, 0.1) is 12.7 Å². The van der Waals surface area contributed by atoms with Crippen molar-refractivity contribution >= 4 is 28.4 Å². The number of nitrogens with zero attached hydrogens (tertiary/aromatic N) is 2. The summed E-state index contributed by atoms with van der Waals surface area (Å²) in [5.41, 5.74) is 0.505. The summed E-state index contributed by atoms with van der Waals surface area (Å²) in [5, 5.41) is 2.70. The fourth-order valence-electron chi connectivity index (χ4n) is 3.53. The zero-order valence-electron chi connectivity index (χ0n) is 18.0. The maximum atomic E-state index is 13.9. The van der Waals surface area contributed by atoms with Gasteiger partial charge in [-0.15, -0.1) is 0 Å². The van der Waals surface area contributed by atoms with E-state index in [0.717, 1.165) is 0 Å². The molecule has 166 valence electrons. The van der Waals surface area contributed by atoms with E-state index < -0.39 is 22.9 Å². The summed E-state index contributed by atoms with van der Waals surface area (Å²) >= 11 is 0. The molecule has 0 radical (unpaired) electrons. The maximum absolute atomic E-state index is 13.9. The minimum atomic E-state index is -0.573. The Kier molecular flexibility index (Phi) is 5.99. The van der Waals surface area contributed by atoms with Crippen LogP contribution in [-0.4, -0.2) is 28.4 Å². The van der Waals surface area contributed by atoms with Gasteiger partial charge in [-0.25, -0.2) is 9.37 Å². The Morgan fingerprint density at radius 3 is 2.52 bits per heavy atom. The first-order valence-electron chi connectivity index (χ1n) is 10.1. The highest BCUT2D eigenvalue weighted by Crippen LogP contribution is 2.21. The highest BCUT2D eigenvalue weighted by molar-refractivity contribution is 6.11. The van der Waals surface area contributed by atoms with Gasteiger partial charge in [-0.05, 0) is 43.3 Å². The number of carbonyl (C=O) groups is 2. The van der Waals surface area contributed by atoms with Crippen LogP contribution >= 0.6 is 0 Å². The lowest BCUT2D eigenvalue weighted by molar-refractivity contribution is -0.116. The highest BCUT2D eigenvalue weighted by Gasteiger charge is 2.21. The summed E-state index contributed by atoms with van der Waals surface area (Å²) in [7, 11) is 1.44. The van der Waals surface area contributed by atoms with Gasteiger partial charge in [0.25, 0.3) is 0 Å². The van der Waals surface area contributed by atoms with Crippen molar-refractivity contribution in [2.45, 2.75) is 13.5 Å². The number of aromatic nitrogens is 2. The number of nitrogens with one attached hydrogen (secondary N) is 1. The number of hydrogen-bond donors (Lipinski definition) is 1. The molecule has 0 atom stereocenters. The predicted octanol–water partition coefficient (Wildman–Crippen LogP) is 3.72. The number of para-hydroxylation sites is 2. The molecule has 0 unspecified atom stereocenters. The van der Waals surface area contributed by atoms with Crippen LogP contribution in [0.5, 0.6) is 5.75 Å². The van der Waals surface area contributed by atoms with E-state index in [2.05, 4.69) is 10.3 Å². The molecule has 33 heavy (non-hydrogen) atoms. The highest BCUT2D eigenvalue weighted by atomic mass is 19.1. The zero-order chi connectivity index (χ0) is 23.5. The van der Waals surface area contributed by atoms with Crippen molar-refractivity contribution in [2.24, 2.45) is 0 Å². The lowest BCUT2D eigenvalue weighted by atomic mass is 10.0. The number of carbonyl (C=O) groups excluding carboxylic acids is 2. The number of amides is 1. The second kappa shape index (κ2) is 9.04. The number of hydrogen-bond acceptors (Lipinski definition) is 5. The molecule has 0 fully saturated rings. The molecule has 0 saturated carbocycles. The lowest BCUT2D eigenvalue weighted by Crippen LogP contribution is -2.25. The third kappa shape index (κ3) is 4.36. The average molecular weight is 445 g/mol. The van der Waals surface area contributed by atoms with E-state index in [0.29, 0.717) is 11.4 Å². The van der Waals surface area contributed by atoms with Crippen LogP contribution in [0.3, 0.4) is 0 Å². The number of halogens is 1. The number of methoxy groups -OCH3 is 1. The van der Waals surface area contributed by atoms with Crippen molar-refractivity contribution in [1.82, 2.24) is 9.55 Å². The molecule has 0 saturated heterocycles. The number of fused-ring (bicyclic) bond motifs is 1. The summed E-state index contributed by atoms with van der Waals surface area (Å²) in [4.78, 5) is 43.5. The molecule has 2 heterocycles. The molecule has 1 amide bonds. The molecule has 0 spiro atoms. The fraction of sp³-hybridized carbons (Fsp3) is 0.120. The molecule has 2 aromatic carbocycles. The van der Waals surface area contributed by atoms with Gasteiger partial charge in [0.1, 0.15) is 23.8 Å². The van der Waals surface area contributed by atoms with Crippen LogP contribution in [0.15, 0.2) is 71.7 Å². The standard InChI is InChI=1S/C25H20FN3O4/c1-15-11-12-17-24(32)18(23(31)16-7-3-6-10-21(16)33-2)13-29(25(17)27-15)14-22(30)28-20-9-5-4-8-19(20)26/h3-13H,14H2,1-2H3,(H,28,30). The van der Waals surface area contributed by atoms with Gasteiger partial charge in [0.2, 0.25) is 17.1 Å². The summed E-state index contributed by atoms with van der Waals surface area (Å²) in [5.74, 6) is -1.32. The Labute approximate surface area is 188 Å². The Bertz CT molecular complexity index is 1450. The molecule has 2 aromatic heterocycles. The van der Waals surface area contributed by atoms with Crippen molar-refractivity contribution < 1.29 is 18.7 Å². The molecule has 0 aliphatic heterocycles. The Morgan fingerprint density at radius 1 is 1.03 bits per heavy atom. The Morgan fingerprint density at radius 2 is 1.76 bits per heavy atom. The van der Waals surface area contributed by atoms with Crippen molar-refractivity contribution in [3.63, 3.8) is 0 Å². The molecular formula is C25H20FN3O4. The number of ketones is 1. The van der Waals surface area contributed by atoms with Gasteiger partial charge in [-0.2, -0.15) is 0 Å². The molecule has 0 bridgehead atoms. The van der Waals surface area contributed by atoms with Crippen LogP contribution in [0.2, 0.25) is 0 Å². The average Bonchev–Trinajstić information content (AvgIpc) is 2.81. The molecule has 7 nitrogen and oxygen atoms in total. The van der Waals surface area contributed by atoms with Crippen LogP contribution in [0.4, 0.5) is 10.1 Å². The van der Waals surface area contributed by atoms with E-state index >= 15 is 0 Å². The third-order valence-corrected chi connectivity index (χ3v) is 5.12. The number of benzene rings is 2. The van der Waals surface area contributed by atoms with Gasteiger partial charge in [0.15, 0.2) is 0 Å². The van der Waals surface area contributed by atoms with E-state index in [4.69, 9.17) is 4.74 Å². The summed E-state index contributed by atoms with van der Waals surface area (Å²) in [6, 6.07) is 15.6. The fourth-order valence-corrected chi connectivity index (χ4v) is 3.53. The number of anilines is 1. The van der Waals surface area contributed by atoms with Crippen molar-refractivity contribution in [1.29, 1.82) is 0 Å². The lowest BCUT2D eigenvalue weighted by Gasteiger charge is -2.14. The first-order valence-corrected chi connectivity index (χ1v) is 10.1. The van der Waals surface area contributed by atoms with E-state index in [1.807, 2.05) is 0 Å². The monoisotopic (exact) mass is 445 g/mol. The molecule has 1 N–H and O–H groups in total. The maximum Gasteiger partial charge on any atom is 0.244 e. The van der Waals surface area contributed by atoms with Gasteiger partial charge in [0, 0.05) is 11.9 Å². The first kappa shape index (κ1) is 21.9. The first-order chi connectivity index (χ1) is 15.9. The number of aryl methyl sites for hydroxylation is 1. The van der Waals surface area contributed by atoms with Crippen molar-refractivity contribution in [3.8, 4) is 5.75 Å². The zero-order valence-corrected chi connectivity index (χ0v) is 18.0. The van der Waals surface area contributed by atoms with Gasteiger partial charge in [-0.3, -0.25) is 14.4 Å². The molecule has 0 aliphatic carbocycles. The minimum absolute atomic E-state index is 0.0299. The molecule has 8 heteroatoms. The third-order valence-electron chi connectivity index (χ3n) is 5.12. The van der Waals surface area contributed by atoms with Gasteiger partial charge >= 0.3 is 0 Å². The number of rotatable bonds is 6. The van der Waals surface area contributed by atoms with Crippen LogP contribution < -0.4 is 15.5 Å². The molecule has 0 aliphatic rings. The quantitative estimate of drug-likeness (QED) is 0.457. The van der Waals surface area contributed by atoms with Gasteiger partial charge in [-0.1, -0.05) is 24.3 Å². The summed E-state index contributed by atoms with van der Waals surface area (Å²) in [6.07, 6.45) is 1.31. The minimum Gasteiger partial charge on any atom is -0.496 e. The van der Waals surface area contributed by atoms with Crippen LogP contribution in [0.1, 0.15) is 21.6 Å². The second-order valence-corrected chi connectivity index (χ2v) is 7.38. The van der Waals surface area contributed by atoms with Crippen LogP contribution in [-0.2, 0) is 11.3 Å². The second-order valence-electron chi connectivity index (χ2n) is 7.38. The summed E-state index contributed by atoms with van der Waals surface area (Å²) in [6.45, 7) is 1.47. The van der Waals surface area contributed by atoms with E-state index in [1.165, 1.54) is 36.1 Å². The van der Waals surface area contributed by atoms with Gasteiger partial charge in [0.05, 0.1) is 29.3 Å².